The predicted molar refractivity (Wildman–Crippen MR) is 90.2 cm³/mol. The van der Waals surface area contributed by atoms with Crippen molar-refractivity contribution in [2.75, 3.05) is 26.2 Å². The Bertz CT molecular complexity index is 478. The Hall–Kier alpha value is -0.380. The third-order valence-corrected chi connectivity index (χ3v) is 6.42. The van der Waals surface area contributed by atoms with Crippen molar-refractivity contribution in [2.45, 2.75) is 38.3 Å². The lowest BCUT2D eigenvalue weighted by Gasteiger charge is -2.41. The molecule has 2 saturated carbocycles. The second-order valence-electron chi connectivity index (χ2n) is 7.18. The zero-order valence-electron chi connectivity index (χ0n) is 12.7. The maximum Gasteiger partial charge on any atom is 0.0234 e. The lowest BCUT2D eigenvalue weighted by molar-refractivity contribution is 0.0679. The van der Waals surface area contributed by atoms with E-state index in [1.165, 1.54) is 61.9 Å². The molecule has 0 radical (unpaired) electrons. The van der Waals surface area contributed by atoms with E-state index >= 15 is 0 Å². The lowest BCUT2D eigenvalue weighted by atomic mass is 9.93. The van der Waals surface area contributed by atoms with E-state index < -0.39 is 0 Å². The molecule has 0 N–H and O–H groups in total. The summed E-state index contributed by atoms with van der Waals surface area (Å²) in [5, 5.41) is 0. The first-order valence-electron chi connectivity index (χ1n) is 8.49. The molecule has 3 atom stereocenters. The minimum absolute atomic E-state index is 0.929. The minimum atomic E-state index is 0.929. The fraction of sp³-hybridized carbons (Fsp3) is 0.667. The van der Waals surface area contributed by atoms with Gasteiger partial charge in [0.05, 0.1) is 0 Å². The minimum Gasteiger partial charge on any atom is -0.298 e. The third-order valence-electron chi connectivity index (χ3n) is 5.90. The molecule has 3 aliphatic rings. The molecule has 2 aliphatic carbocycles. The summed E-state index contributed by atoms with van der Waals surface area (Å²) in [6, 6.07) is 9.72. The smallest absolute Gasteiger partial charge is 0.0234 e. The van der Waals surface area contributed by atoms with Gasteiger partial charge in [0.25, 0.3) is 0 Å². The number of rotatable bonds is 3. The van der Waals surface area contributed by atoms with Crippen LogP contribution in [0.25, 0.3) is 0 Å². The zero-order valence-corrected chi connectivity index (χ0v) is 14.3. The summed E-state index contributed by atoms with van der Waals surface area (Å²) in [4.78, 5) is 5.43. The molecule has 0 unspecified atom stereocenters. The van der Waals surface area contributed by atoms with Gasteiger partial charge in [0.15, 0.2) is 0 Å². The van der Waals surface area contributed by atoms with E-state index in [1.54, 1.807) is 0 Å². The highest BCUT2D eigenvalue weighted by atomic mass is 79.9. The Kier molecular flexibility index (Phi) is 4.08. The predicted octanol–water partition coefficient (Wildman–Crippen LogP) is 3.76. The molecule has 0 amide bonds. The average Bonchev–Trinajstić information content (AvgIpc) is 3.13. The SMILES string of the molecule is Brc1ccc(CN2CCN([C@@H]3C[C@@H]4CC[C@@H]3C4)CC2)cc1. The first-order valence-corrected chi connectivity index (χ1v) is 9.28. The summed E-state index contributed by atoms with van der Waals surface area (Å²) in [6.45, 7) is 6.15. The summed E-state index contributed by atoms with van der Waals surface area (Å²) < 4.78 is 1.17. The fourth-order valence-corrected chi connectivity index (χ4v) is 5.02. The van der Waals surface area contributed by atoms with Crippen molar-refractivity contribution >= 4 is 15.9 Å². The van der Waals surface area contributed by atoms with Gasteiger partial charge in [-0.15, -0.1) is 0 Å². The molecule has 1 aromatic rings. The van der Waals surface area contributed by atoms with Crippen LogP contribution < -0.4 is 0 Å². The molecule has 2 nitrogen and oxygen atoms in total. The van der Waals surface area contributed by atoms with Gasteiger partial charge in [-0.2, -0.15) is 0 Å². The topological polar surface area (TPSA) is 6.48 Å². The van der Waals surface area contributed by atoms with Crippen LogP contribution in [0.15, 0.2) is 28.7 Å². The monoisotopic (exact) mass is 348 g/mol. The average molecular weight is 349 g/mol. The molecule has 3 fully saturated rings. The first kappa shape index (κ1) is 14.2. The highest BCUT2D eigenvalue weighted by molar-refractivity contribution is 9.10. The van der Waals surface area contributed by atoms with Crippen LogP contribution in [0.5, 0.6) is 0 Å². The highest BCUT2D eigenvalue weighted by Crippen LogP contribution is 2.46. The molecule has 114 valence electrons. The standard InChI is InChI=1S/C18H25BrN2/c19-17-5-2-14(3-6-17)13-20-7-9-21(10-8-20)18-12-15-1-4-16(18)11-15/h2-3,5-6,15-16,18H,1,4,7-13H2/t15-,16-,18-/m1/s1. The molecule has 2 bridgehead atoms. The van der Waals surface area contributed by atoms with Gasteiger partial charge < -0.3 is 0 Å². The summed E-state index contributed by atoms with van der Waals surface area (Å²) in [5.74, 6) is 2.11. The second kappa shape index (κ2) is 6.02. The van der Waals surface area contributed by atoms with Crippen LogP contribution in [0.2, 0.25) is 0 Å². The number of hydrogen-bond acceptors (Lipinski definition) is 2. The number of benzene rings is 1. The number of piperazine rings is 1. The van der Waals surface area contributed by atoms with Crippen molar-refractivity contribution in [1.29, 1.82) is 0 Å². The van der Waals surface area contributed by atoms with Gasteiger partial charge in [0.2, 0.25) is 0 Å². The van der Waals surface area contributed by atoms with Gasteiger partial charge in [0.1, 0.15) is 0 Å². The van der Waals surface area contributed by atoms with Crippen molar-refractivity contribution in [2.24, 2.45) is 11.8 Å². The molecule has 1 aliphatic heterocycles. The van der Waals surface area contributed by atoms with Crippen molar-refractivity contribution in [3.8, 4) is 0 Å². The second-order valence-corrected chi connectivity index (χ2v) is 8.10. The van der Waals surface area contributed by atoms with Gasteiger partial charge in [0, 0.05) is 43.2 Å². The van der Waals surface area contributed by atoms with Crippen molar-refractivity contribution in [1.82, 2.24) is 9.80 Å². The van der Waals surface area contributed by atoms with Crippen LogP contribution in [-0.2, 0) is 6.54 Å². The van der Waals surface area contributed by atoms with Crippen molar-refractivity contribution in [3.05, 3.63) is 34.3 Å². The zero-order chi connectivity index (χ0) is 14.2. The van der Waals surface area contributed by atoms with Gasteiger partial charge in [-0.25, -0.2) is 0 Å². The third kappa shape index (κ3) is 3.06. The molecule has 0 aromatic heterocycles. The number of hydrogen-bond donors (Lipinski definition) is 0. The maximum absolute atomic E-state index is 3.51. The van der Waals surface area contributed by atoms with E-state index in [-0.39, 0.29) is 0 Å². The van der Waals surface area contributed by atoms with Crippen LogP contribution in [0, 0.1) is 11.8 Å². The van der Waals surface area contributed by atoms with E-state index in [9.17, 15) is 0 Å². The molecule has 21 heavy (non-hydrogen) atoms. The van der Waals surface area contributed by atoms with Gasteiger partial charge in [-0.05, 0) is 48.8 Å². The summed E-state index contributed by atoms with van der Waals surface area (Å²) in [5.41, 5.74) is 1.44. The lowest BCUT2D eigenvalue weighted by Crippen LogP contribution is -2.51. The first-order chi connectivity index (χ1) is 10.3. The Morgan fingerprint density at radius 1 is 0.952 bits per heavy atom. The van der Waals surface area contributed by atoms with Crippen LogP contribution in [0.4, 0.5) is 0 Å². The van der Waals surface area contributed by atoms with Gasteiger partial charge >= 0.3 is 0 Å². The van der Waals surface area contributed by atoms with Crippen LogP contribution in [0.1, 0.15) is 31.2 Å². The van der Waals surface area contributed by atoms with Gasteiger partial charge in [-0.1, -0.05) is 34.5 Å². The Morgan fingerprint density at radius 2 is 1.71 bits per heavy atom. The van der Waals surface area contributed by atoms with Gasteiger partial charge in [-0.3, -0.25) is 9.80 Å². The fourth-order valence-electron chi connectivity index (χ4n) is 4.76. The molecule has 4 rings (SSSR count). The number of fused-ring (bicyclic) bond motifs is 2. The highest BCUT2D eigenvalue weighted by Gasteiger charge is 2.42. The summed E-state index contributed by atoms with van der Waals surface area (Å²) >= 11 is 3.51. The molecule has 1 aromatic carbocycles. The summed E-state index contributed by atoms with van der Waals surface area (Å²) in [6.07, 6.45) is 6.06. The molecule has 3 heteroatoms. The van der Waals surface area contributed by atoms with Crippen molar-refractivity contribution in [3.63, 3.8) is 0 Å². The quantitative estimate of drug-likeness (QED) is 0.820. The largest absolute Gasteiger partial charge is 0.298 e. The van der Waals surface area contributed by atoms with E-state index in [2.05, 4.69) is 50.0 Å². The normalized spacial score (nSPS) is 33.7. The number of halogens is 1. The molecular formula is C18H25BrN2. The van der Waals surface area contributed by atoms with E-state index in [4.69, 9.17) is 0 Å². The van der Waals surface area contributed by atoms with Crippen molar-refractivity contribution < 1.29 is 0 Å². The Balaban J connectivity index is 1.29. The maximum atomic E-state index is 3.51. The van der Waals surface area contributed by atoms with Crippen LogP contribution in [-0.4, -0.2) is 42.0 Å². The Labute approximate surface area is 136 Å². The Morgan fingerprint density at radius 3 is 2.33 bits per heavy atom. The molecule has 0 spiro atoms. The van der Waals surface area contributed by atoms with E-state index in [0.29, 0.717) is 0 Å². The molecular weight excluding hydrogens is 324 g/mol. The molecule has 1 saturated heterocycles. The van der Waals surface area contributed by atoms with E-state index in [0.717, 1.165) is 24.4 Å². The van der Waals surface area contributed by atoms with Crippen LogP contribution in [0.3, 0.4) is 0 Å². The molecule has 1 heterocycles. The van der Waals surface area contributed by atoms with E-state index in [1.807, 2.05) is 0 Å². The number of nitrogens with zero attached hydrogens (tertiary/aromatic N) is 2. The summed E-state index contributed by atoms with van der Waals surface area (Å²) in [7, 11) is 0. The van der Waals surface area contributed by atoms with Crippen LogP contribution >= 0.6 is 15.9 Å².